The molecule has 0 aliphatic carbocycles. The minimum absolute atomic E-state index is 0.0804. The molecule has 29 heavy (non-hydrogen) atoms. The van der Waals surface area contributed by atoms with Gasteiger partial charge in [-0.05, 0) is 36.4 Å². The van der Waals surface area contributed by atoms with Crippen LogP contribution < -0.4 is 10.1 Å². The van der Waals surface area contributed by atoms with Crippen LogP contribution in [0.15, 0.2) is 41.3 Å². The molecule has 0 aromatic heterocycles. The van der Waals surface area contributed by atoms with Crippen LogP contribution >= 0.6 is 23.2 Å². The second-order valence-electron chi connectivity index (χ2n) is 6.72. The van der Waals surface area contributed by atoms with Crippen molar-refractivity contribution in [2.45, 2.75) is 4.90 Å². The first-order valence-corrected chi connectivity index (χ1v) is 11.1. The molecule has 10 heteroatoms. The quantitative estimate of drug-likeness (QED) is 0.745. The lowest BCUT2D eigenvalue weighted by Gasteiger charge is -2.27. The van der Waals surface area contributed by atoms with E-state index >= 15 is 0 Å². The van der Waals surface area contributed by atoms with Gasteiger partial charge in [-0.2, -0.15) is 4.31 Å². The molecule has 7 nitrogen and oxygen atoms in total. The van der Waals surface area contributed by atoms with E-state index in [2.05, 4.69) is 5.32 Å². The summed E-state index contributed by atoms with van der Waals surface area (Å²) in [6, 6.07) is 8.97. The number of benzene rings is 2. The summed E-state index contributed by atoms with van der Waals surface area (Å²) in [6.45, 7) is 1.76. The van der Waals surface area contributed by atoms with Crippen LogP contribution in [0.1, 0.15) is 10.4 Å². The van der Waals surface area contributed by atoms with E-state index in [0.717, 1.165) is 0 Å². The number of piperazine rings is 1. The minimum atomic E-state index is -3.88. The van der Waals surface area contributed by atoms with Crippen LogP contribution in [0.25, 0.3) is 0 Å². The number of hydrogen-bond donors (Lipinski definition) is 1. The van der Waals surface area contributed by atoms with E-state index < -0.39 is 10.0 Å². The van der Waals surface area contributed by atoms with Crippen LogP contribution in [0.2, 0.25) is 10.0 Å². The number of amides is 1. The smallest absolute Gasteiger partial charge is 0.253 e. The molecule has 0 bridgehead atoms. The van der Waals surface area contributed by atoms with E-state index in [1.54, 1.807) is 20.2 Å². The van der Waals surface area contributed by atoms with Crippen molar-refractivity contribution in [3.8, 4) is 11.5 Å². The second kappa shape index (κ2) is 8.89. The topological polar surface area (TPSA) is 79.0 Å². The molecule has 0 unspecified atom stereocenters. The minimum Gasteiger partial charge on any atom is -0.456 e. The number of carbonyl (C=O) groups excluding carboxylic acids is 1. The Labute approximate surface area is 180 Å². The highest BCUT2D eigenvalue weighted by Gasteiger charge is 2.30. The Hall–Kier alpha value is -1.84. The van der Waals surface area contributed by atoms with Crippen LogP contribution in [0, 0.1) is 0 Å². The number of nitrogens with zero attached hydrogens (tertiary/aromatic N) is 2. The molecular weight excluding hydrogens is 437 g/mol. The van der Waals surface area contributed by atoms with Crippen molar-refractivity contribution in [2.75, 3.05) is 40.3 Å². The van der Waals surface area contributed by atoms with Crippen molar-refractivity contribution in [3.05, 3.63) is 52.0 Å². The van der Waals surface area contributed by atoms with Gasteiger partial charge >= 0.3 is 0 Å². The van der Waals surface area contributed by atoms with Gasteiger partial charge in [0.1, 0.15) is 16.4 Å². The predicted molar refractivity (Wildman–Crippen MR) is 113 cm³/mol. The molecule has 1 heterocycles. The first-order chi connectivity index (χ1) is 13.7. The van der Waals surface area contributed by atoms with Gasteiger partial charge in [0.25, 0.3) is 5.91 Å². The summed E-state index contributed by atoms with van der Waals surface area (Å²) < 4.78 is 33.8. The zero-order valence-corrected chi connectivity index (χ0v) is 18.3. The van der Waals surface area contributed by atoms with Crippen molar-refractivity contribution in [1.29, 1.82) is 0 Å². The van der Waals surface area contributed by atoms with Crippen molar-refractivity contribution in [1.82, 2.24) is 14.5 Å². The highest BCUT2D eigenvalue weighted by molar-refractivity contribution is 7.89. The third kappa shape index (κ3) is 5.02. The average molecular weight is 458 g/mol. The Morgan fingerprint density at radius 2 is 1.69 bits per heavy atom. The van der Waals surface area contributed by atoms with Crippen LogP contribution in [0.5, 0.6) is 11.5 Å². The van der Waals surface area contributed by atoms with Gasteiger partial charge in [0, 0.05) is 55.9 Å². The normalized spacial score (nSPS) is 15.2. The van der Waals surface area contributed by atoms with Crippen LogP contribution in [0.3, 0.4) is 0 Å². The van der Waals surface area contributed by atoms with Gasteiger partial charge in [-0.3, -0.25) is 4.79 Å². The van der Waals surface area contributed by atoms with Crippen LogP contribution in [0.4, 0.5) is 0 Å². The van der Waals surface area contributed by atoms with E-state index in [0.29, 0.717) is 42.0 Å². The molecule has 0 radical (unpaired) electrons. The van der Waals surface area contributed by atoms with Crippen LogP contribution in [-0.2, 0) is 10.0 Å². The zero-order valence-electron chi connectivity index (χ0n) is 16.0. The van der Waals surface area contributed by atoms with Crippen LogP contribution in [-0.4, -0.2) is 63.8 Å². The Kier molecular flexibility index (Phi) is 6.70. The van der Waals surface area contributed by atoms with Gasteiger partial charge in [-0.25, -0.2) is 8.42 Å². The molecule has 3 rings (SSSR count). The third-order valence-electron chi connectivity index (χ3n) is 4.35. The molecule has 1 aliphatic rings. The maximum atomic E-state index is 13.3. The molecule has 0 spiro atoms. The summed E-state index contributed by atoms with van der Waals surface area (Å²) in [7, 11) is -0.678. The number of halogens is 2. The first kappa shape index (κ1) is 21.9. The Balaban J connectivity index is 2.08. The third-order valence-corrected chi connectivity index (χ3v) is 6.71. The summed E-state index contributed by atoms with van der Waals surface area (Å²) in [6.07, 6.45) is 0. The Morgan fingerprint density at radius 3 is 2.28 bits per heavy atom. The number of rotatable bonds is 5. The number of carbonyl (C=O) groups is 1. The lowest BCUT2D eigenvalue weighted by atomic mass is 10.2. The van der Waals surface area contributed by atoms with Gasteiger partial charge in [-0.15, -0.1) is 0 Å². The highest BCUT2D eigenvalue weighted by atomic mass is 35.5. The van der Waals surface area contributed by atoms with Gasteiger partial charge < -0.3 is 15.0 Å². The lowest BCUT2D eigenvalue weighted by Crippen LogP contribution is -2.46. The molecule has 1 fully saturated rings. The Bertz CT molecular complexity index is 1000. The first-order valence-electron chi connectivity index (χ1n) is 8.89. The Morgan fingerprint density at radius 1 is 1.07 bits per heavy atom. The summed E-state index contributed by atoms with van der Waals surface area (Å²) in [5.41, 5.74) is 0.250. The van der Waals surface area contributed by atoms with E-state index in [-0.39, 0.29) is 22.1 Å². The van der Waals surface area contributed by atoms with E-state index in [4.69, 9.17) is 27.9 Å². The fourth-order valence-electron chi connectivity index (χ4n) is 2.92. The summed E-state index contributed by atoms with van der Waals surface area (Å²) in [5.74, 6) is 0.0854. The fourth-order valence-corrected chi connectivity index (χ4v) is 5.01. The van der Waals surface area contributed by atoms with Gasteiger partial charge in [-0.1, -0.05) is 23.2 Å². The van der Waals surface area contributed by atoms with E-state index in [9.17, 15) is 13.2 Å². The van der Waals surface area contributed by atoms with Gasteiger partial charge in [0.05, 0.1) is 0 Å². The van der Waals surface area contributed by atoms with Crippen molar-refractivity contribution >= 4 is 39.1 Å². The van der Waals surface area contributed by atoms with Gasteiger partial charge in [0.2, 0.25) is 10.0 Å². The maximum Gasteiger partial charge on any atom is 0.253 e. The molecule has 1 amide bonds. The zero-order chi connectivity index (χ0) is 21.2. The summed E-state index contributed by atoms with van der Waals surface area (Å²) in [4.78, 5) is 13.7. The molecule has 2 aromatic carbocycles. The van der Waals surface area contributed by atoms with E-state index in [1.807, 2.05) is 0 Å². The standard InChI is InChI=1S/C19H21Cl2N3O4S/c1-23(2)19(25)13-3-4-17(28-16-11-14(20)10-15(21)12-16)18(9-13)29(26,27)24-7-5-22-6-8-24/h3-4,9-12,22H,5-8H2,1-2H3. The number of hydrogen-bond acceptors (Lipinski definition) is 5. The van der Waals surface area contributed by atoms with Crippen molar-refractivity contribution in [3.63, 3.8) is 0 Å². The molecular formula is C19H21Cl2N3O4S. The monoisotopic (exact) mass is 457 g/mol. The average Bonchev–Trinajstić information content (AvgIpc) is 2.67. The molecule has 156 valence electrons. The molecule has 2 aromatic rings. The van der Waals surface area contributed by atoms with Gasteiger partial charge in [0.15, 0.2) is 0 Å². The lowest BCUT2D eigenvalue weighted by molar-refractivity contribution is 0.0827. The SMILES string of the molecule is CN(C)C(=O)c1ccc(Oc2cc(Cl)cc(Cl)c2)c(S(=O)(=O)N2CCNCC2)c1. The predicted octanol–water partition coefficient (Wildman–Crippen LogP) is 3.08. The molecule has 1 aliphatic heterocycles. The summed E-state index contributed by atoms with van der Waals surface area (Å²) >= 11 is 12.0. The van der Waals surface area contributed by atoms with Crippen molar-refractivity contribution < 1.29 is 17.9 Å². The molecule has 0 saturated carbocycles. The number of nitrogens with one attached hydrogen (secondary N) is 1. The van der Waals surface area contributed by atoms with Crippen molar-refractivity contribution in [2.24, 2.45) is 0 Å². The molecule has 1 N–H and O–H groups in total. The maximum absolute atomic E-state index is 13.3. The largest absolute Gasteiger partial charge is 0.456 e. The molecule has 0 atom stereocenters. The molecule has 1 saturated heterocycles. The number of sulfonamides is 1. The number of ether oxygens (including phenoxy) is 1. The summed E-state index contributed by atoms with van der Waals surface area (Å²) in [5, 5.41) is 3.84. The van der Waals surface area contributed by atoms with E-state index in [1.165, 1.54) is 39.5 Å². The highest BCUT2D eigenvalue weighted by Crippen LogP contribution is 2.34. The fraction of sp³-hybridized carbons (Fsp3) is 0.316. The second-order valence-corrected chi connectivity index (χ2v) is 9.50.